The van der Waals surface area contributed by atoms with Crippen LogP contribution in [-0.2, 0) is 0 Å². The molecule has 2 N–H and O–H groups in total. The van der Waals surface area contributed by atoms with Crippen molar-refractivity contribution in [2.24, 2.45) is 0 Å². The summed E-state index contributed by atoms with van der Waals surface area (Å²) >= 11 is 0. The summed E-state index contributed by atoms with van der Waals surface area (Å²) < 4.78 is 0. The summed E-state index contributed by atoms with van der Waals surface area (Å²) in [6, 6.07) is 29.5. The summed E-state index contributed by atoms with van der Waals surface area (Å²) in [5.41, 5.74) is 6.50. The summed E-state index contributed by atoms with van der Waals surface area (Å²) in [5.74, 6) is -0.490. The fourth-order valence-corrected chi connectivity index (χ4v) is 3.76. The average molecular weight is 471 g/mol. The maximum absolute atomic E-state index is 12.7. The van der Waals surface area contributed by atoms with Gasteiger partial charge in [-0.25, -0.2) is 0 Å². The largest absolute Gasteiger partial charge is 0.322 e. The maximum atomic E-state index is 12.7. The molecule has 0 spiro atoms. The summed E-state index contributed by atoms with van der Waals surface area (Å²) in [6.07, 6.45) is 6.98. The molecule has 2 amide bonds. The number of rotatable bonds is 6. The standard InChI is InChI=1S/C30H22N4O2/c35-29(33-27-9-5-21(6-10-27)23-13-17-31-18-14-23)25-1-2-26(4-3-25)30(36)34-28-11-7-22(8-12-28)24-15-19-32-20-16-24/h1-20H,(H,33,35)(H,34,36). The van der Waals surface area contributed by atoms with Crippen molar-refractivity contribution in [1.82, 2.24) is 9.97 Å². The molecule has 0 fully saturated rings. The second kappa shape index (κ2) is 10.4. The van der Waals surface area contributed by atoms with Crippen LogP contribution in [0.25, 0.3) is 22.3 Å². The van der Waals surface area contributed by atoms with Crippen LogP contribution >= 0.6 is 0 Å². The predicted molar refractivity (Wildman–Crippen MR) is 142 cm³/mol. The fraction of sp³-hybridized carbons (Fsp3) is 0. The maximum Gasteiger partial charge on any atom is 0.255 e. The third kappa shape index (κ3) is 5.34. The van der Waals surface area contributed by atoms with Crippen LogP contribution < -0.4 is 10.6 Å². The van der Waals surface area contributed by atoms with E-state index >= 15 is 0 Å². The summed E-state index contributed by atoms with van der Waals surface area (Å²) in [6.45, 7) is 0. The Hall–Kier alpha value is -5.10. The number of aromatic nitrogens is 2. The van der Waals surface area contributed by atoms with E-state index in [-0.39, 0.29) is 11.8 Å². The van der Waals surface area contributed by atoms with Crippen LogP contribution in [0.1, 0.15) is 20.7 Å². The summed E-state index contributed by atoms with van der Waals surface area (Å²) in [7, 11) is 0. The van der Waals surface area contributed by atoms with Gasteiger partial charge in [-0.05, 0) is 95.1 Å². The van der Waals surface area contributed by atoms with Crippen LogP contribution in [0.2, 0.25) is 0 Å². The Labute approximate surface area is 208 Å². The van der Waals surface area contributed by atoms with Gasteiger partial charge in [-0.2, -0.15) is 0 Å². The van der Waals surface area contributed by atoms with E-state index in [9.17, 15) is 9.59 Å². The molecule has 0 radical (unpaired) electrons. The van der Waals surface area contributed by atoms with Crippen LogP contribution in [0.5, 0.6) is 0 Å². The van der Waals surface area contributed by atoms with Gasteiger partial charge < -0.3 is 10.6 Å². The van der Waals surface area contributed by atoms with Crippen molar-refractivity contribution in [2.45, 2.75) is 0 Å². The minimum atomic E-state index is -0.245. The lowest BCUT2D eigenvalue weighted by Gasteiger charge is -2.09. The van der Waals surface area contributed by atoms with E-state index in [2.05, 4.69) is 20.6 Å². The molecule has 5 aromatic rings. The van der Waals surface area contributed by atoms with Gasteiger partial charge in [0.15, 0.2) is 0 Å². The molecule has 0 aliphatic heterocycles. The Bertz CT molecular complexity index is 1350. The Morgan fingerprint density at radius 3 is 1.06 bits per heavy atom. The van der Waals surface area contributed by atoms with E-state index in [4.69, 9.17) is 0 Å². The van der Waals surface area contributed by atoms with E-state index in [1.807, 2.05) is 72.8 Å². The van der Waals surface area contributed by atoms with Gasteiger partial charge in [0.05, 0.1) is 0 Å². The van der Waals surface area contributed by atoms with E-state index < -0.39 is 0 Å². The highest BCUT2D eigenvalue weighted by Crippen LogP contribution is 2.22. The minimum absolute atomic E-state index is 0.245. The first-order valence-electron chi connectivity index (χ1n) is 11.4. The second-order valence-corrected chi connectivity index (χ2v) is 8.11. The van der Waals surface area contributed by atoms with Gasteiger partial charge in [-0.15, -0.1) is 0 Å². The van der Waals surface area contributed by atoms with E-state index in [1.165, 1.54) is 0 Å². The molecule has 0 aliphatic carbocycles. The van der Waals surface area contributed by atoms with E-state index in [1.54, 1.807) is 49.1 Å². The lowest BCUT2D eigenvalue weighted by Crippen LogP contribution is -2.14. The smallest absolute Gasteiger partial charge is 0.255 e. The highest BCUT2D eigenvalue weighted by molar-refractivity contribution is 6.07. The highest BCUT2D eigenvalue weighted by atomic mass is 16.2. The monoisotopic (exact) mass is 470 g/mol. The first-order chi connectivity index (χ1) is 17.7. The number of nitrogens with zero attached hydrogens (tertiary/aromatic N) is 2. The molecule has 36 heavy (non-hydrogen) atoms. The number of carbonyl (C=O) groups excluding carboxylic acids is 2. The molecule has 174 valence electrons. The number of nitrogens with one attached hydrogen (secondary N) is 2. The molecule has 3 aromatic carbocycles. The number of anilines is 2. The van der Waals surface area contributed by atoms with Gasteiger partial charge in [0.1, 0.15) is 0 Å². The molecule has 0 atom stereocenters. The van der Waals surface area contributed by atoms with Crippen LogP contribution in [0, 0.1) is 0 Å². The van der Waals surface area contributed by atoms with Crippen molar-refractivity contribution >= 4 is 23.2 Å². The average Bonchev–Trinajstić information content (AvgIpc) is 2.95. The minimum Gasteiger partial charge on any atom is -0.322 e. The molecular weight excluding hydrogens is 448 g/mol. The SMILES string of the molecule is O=C(Nc1ccc(-c2ccncc2)cc1)c1ccc(C(=O)Nc2ccc(-c3ccncc3)cc2)cc1. The number of amides is 2. The van der Waals surface area contributed by atoms with Crippen molar-refractivity contribution < 1.29 is 9.59 Å². The highest BCUT2D eigenvalue weighted by Gasteiger charge is 2.10. The van der Waals surface area contributed by atoms with Gasteiger partial charge in [0.25, 0.3) is 11.8 Å². The van der Waals surface area contributed by atoms with Crippen molar-refractivity contribution in [3.05, 3.63) is 133 Å². The Balaban J connectivity index is 1.19. The number of pyridine rings is 2. The summed E-state index contributed by atoms with van der Waals surface area (Å²) in [5, 5.41) is 5.78. The number of benzene rings is 3. The van der Waals surface area contributed by atoms with Crippen LogP contribution in [-0.4, -0.2) is 21.8 Å². The number of carbonyl (C=O) groups is 2. The lowest BCUT2D eigenvalue weighted by molar-refractivity contribution is 0.101. The normalized spacial score (nSPS) is 10.4. The van der Waals surface area contributed by atoms with Crippen molar-refractivity contribution in [3.63, 3.8) is 0 Å². The third-order valence-electron chi connectivity index (χ3n) is 5.72. The van der Waals surface area contributed by atoms with Crippen LogP contribution in [0.15, 0.2) is 122 Å². The van der Waals surface area contributed by atoms with Crippen LogP contribution in [0.3, 0.4) is 0 Å². The van der Waals surface area contributed by atoms with Gasteiger partial charge in [0.2, 0.25) is 0 Å². The molecular formula is C30H22N4O2. The van der Waals surface area contributed by atoms with Gasteiger partial charge in [-0.1, -0.05) is 24.3 Å². The molecule has 5 rings (SSSR count). The molecule has 0 unspecified atom stereocenters. The number of hydrogen-bond donors (Lipinski definition) is 2. The van der Waals surface area contributed by atoms with E-state index in [0.717, 1.165) is 22.3 Å². The van der Waals surface area contributed by atoms with Crippen molar-refractivity contribution in [1.29, 1.82) is 0 Å². The zero-order valence-electron chi connectivity index (χ0n) is 19.3. The van der Waals surface area contributed by atoms with Crippen LogP contribution in [0.4, 0.5) is 11.4 Å². The predicted octanol–water partition coefficient (Wildman–Crippen LogP) is 6.32. The summed E-state index contributed by atoms with van der Waals surface area (Å²) in [4.78, 5) is 33.4. The fourth-order valence-electron chi connectivity index (χ4n) is 3.76. The molecule has 0 bridgehead atoms. The quantitative estimate of drug-likeness (QED) is 0.304. The lowest BCUT2D eigenvalue weighted by atomic mass is 10.1. The molecule has 6 nitrogen and oxygen atoms in total. The Morgan fingerprint density at radius 2 is 0.722 bits per heavy atom. The first kappa shape index (κ1) is 22.7. The van der Waals surface area contributed by atoms with Crippen molar-refractivity contribution in [3.8, 4) is 22.3 Å². The second-order valence-electron chi connectivity index (χ2n) is 8.11. The Morgan fingerprint density at radius 1 is 0.417 bits per heavy atom. The first-order valence-corrected chi connectivity index (χ1v) is 11.4. The zero-order valence-corrected chi connectivity index (χ0v) is 19.3. The van der Waals surface area contributed by atoms with Crippen molar-refractivity contribution in [2.75, 3.05) is 10.6 Å². The number of hydrogen-bond acceptors (Lipinski definition) is 4. The zero-order chi connectivity index (χ0) is 24.7. The Kier molecular flexibility index (Phi) is 6.58. The molecule has 2 aromatic heterocycles. The topological polar surface area (TPSA) is 84.0 Å². The third-order valence-corrected chi connectivity index (χ3v) is 5.72. The van der Waals surface area contributed by atoms with Gasteiger partial charge in [-0.3, -0.25) is 19.6 Å². The molecule has 0 saturated carbocycles. The molecule has 0 aliphatic rings. The molecule has 0 saturated heterocycles. The van der Waals surface area contributed by atoms with Gasteiger partial charge >= 0.3 is 0 Å². The molecule has 6 heteroatoms. The van der Waals surface area contributed by atoms with E-state index in [0.29, 0.717) is 22.5 Å². The van der Waals surface area contributed by atoms with Gasteiger partial charge in [0, 0.05) is 47.3 Å². The molecule has 2 heterocycles.